The van der Waals surface area contributed by atoms with Crippen LogP contribution < -0.4 is 5.73 Å². The van der Waals surface area contributed by atoms with Crippen LogP contribution in [0.3, 0.4) is 0 Å². The summed E-state index contributed by atoms with van der Waals surface area (Å²) in [7, 11) is -3.64. The Kier molecular flexibility index (Phi) is 4.00. The number of piperazine rings is 1. The average molecular weight is 301 g/mol. The lowest BCUT2D eigenvalue weighted by Gasteiger charge is -2.33. The number of aryl methyl sites for hydroxylation is 1. The van der Waals surface area contributed by atoms with Gasteiger partial charge in [-0.25, -0.2) is 8.42 Å². The molecule has 1 aromatic heterocycles. The van der Waals surface area contributed by atoms with Crippen molar-refractivity contribution in [1.29, 1.82) is 0 Å². The highest BCUT2D eigenvalue weighted by molar-refractivity contribution is 7.89. The van der Waals surface area contributed by atoms with E-state index in [1.54, 1.807) is 4.90 Å². The van der Waals surface area contributed by atoms with Crippen molar-refractivity contribution in [2.45, 2.75) is 25.3 Å². The third kappa shape index (κ3) is 2.63. The Hall–Kier alpha value is -1.61. The Morgan fingerprint density at radius 3 is 2.40 bits per heavy atom. The quantitative estimate of drug-likeness (QED) is 0.798. The first kappa shape index (κ1) is 14.8. The summed E-state index contributed by atoms with van der Waals surface area (Å²) in [5.74, 6) is -0.0267. The van der Waals surface area contributed by atoms with Crippen LogP contribution >= 0.6 is 0 Å². The molecule has 9 heteroatoms. The summed E-state index contributed by atoms with van der Waals surface area (Å²) in [6.45, 7) is 5.24. The zero-order valence-electron chi connectivity index (χ0n) is 11.6. The van der Waals surface area contributed by atoms with E-state index in [1.807, 2.05) is 6.92 Å². The molecule has 1 aliphatic rings. The molecule has 1 aromatic rings. The minimum absolute atomic E-state index is 0.0147. The van der Waals surface area contributed by atoms with Gasteiger partial charge in [-0.1, -0.05) is 0 Å². The number of aromatic nitrogens is 2. The number of nitrogens with zero attached hydrogens (tertiary/aromatic N) is 4. The minimum Gasteiger partial charge on any atom is -0.381 e. The Bertz CT molecular complexity index is 602. The molecular weight excluding hydrogens is 282 g/mol. The minimum atomic E-state index is -3.64. The maximum Gasteiger partial charge on any atom is 0.248 e. The average Bonchev–Trinajstić information content (AvgIpc) is 2.81. The summed E-state index contributed by atoms with van der Waals surface area (Å²) in [5, 5.41) is 3.96. The molecule has 0 saturated carbocycles. The molecule has 20 heavy (non-hydrogen) atoms. The van der Waals surface area contributed by atoms with Gasteiger partial charge >= 0.3 is 0 Å². The Morgan fingerprint density at radius 1 is 1.35 bits per heavy atom. The van der Waals surface area contributed by atoms with E-state index in [1.165, 1.54) is 22.1 Å². The zero-order chi connectivity index (χ0) is 14.9. The van der Waals surface area contributed by atoms with Crippen LogP contribution in [0.15, 0.2) is 11.1 Å². The van der Waals surface area contributed by atoms with Crippen LogP contribution in [-0.4, -0.2) is 59.5 Å². The molecule has 0 bridgehead atoms. The summed E-state index contributed by atoms with van der Waals surface area (Å²) in [6, 6.07) is 0. The number of carbonyl (C=O) groups is 1. The summed E-state index contributed by atoms with van der Waals surface area (Å²) in [5.41, 5.74) is 5.68. The number of nitrogen functional groups attached to an aromatic ring is 1. The molecule has 112 valence electrons. The predicted octanol–water partition coefficient (Wildman–Crippen LogP) is -0.662. The van der Waals surface area contributed by atoms with Crippen LogP contribution in [0.1, 0.15) is 13.8 Å². The zero-order valence-corrected chi connectivity index (χ0v) is 12.4. The Labute approximate surface area is 118 Å². The highest BCUT2D eigenvalue weighted by Gasteiger charge is 2.32. The lowest BCUT2D eigenvalue weighted by atomic mass is 10.3. The van der Waals surface area contributed by atoms with Crippen LogP contribution in [0.5, 0.6) is 0 Å². The summed E-state index contributed by atoms with van der Waals surface area (Å²) >= 11 is 0. The van der Waals surface area contributed by atoms with E-state index in [4.69, 9.17) is 5.73 Å². The molecule has 1 saturated heterocycles. The van der Waals surface area contributed by atoms with Crippen molar-refractivity contribution in [3.8, 4) is 0 Å². The standard InChI is InChI=1S/C11H19N5O3S/c1-3-15-8-10(11(12)13-15)20(18,19)16-6-4-14(5-7-16)9(2)17/h8H,3-7H2,1-2H3,(H2,12,13). The maximum absolute atomic E-state index is 12.5. The van der Waals surface area contributed by atoms with Gasteiger partial charge in [0.1, 0.15) is 4.90 Å². The fraction of sp³-hybridized carbons (Fsp3) is 0.636. The molecule has 1 fully saturated rings. The fourth-order valence-electron chi connectivity index (χ4n) is 2.16. The van der Waals surface area contributed by atoms with Gasteiger partial charge in [0.05, 0.1) is 0 Å². The number of nitrogens with two attached hydrogens (primary N) is 1. The normalized spacial score (nSPS) is 17.4. The van der Waals surface area contributed by atoms with Crippen molar-refractivity contribution in [3.05, 3.63) is 6.20 Å². The second-order valence-corrected chi connectivity index (χ2v) is 6.55. The van der Waals surface area contributed by atoms with Gasteiger partial charge in [0.2, 0.25) is 15.9 Å². The van der Waals surface area contributed by atoms with Gasteiger partial charge < -0.3 is 10.6 Å². The molecule has 0 radical (unpaired) electrons. The molecule has 0 aromatic carbocycles. The molecule has 0 unspecified atom stereocenters. The smallest absolute Gasteiger partial charge is 0.248 e. The number of carbonyl (C=O) groups excluding carboxylic acids is 1. The number of sulfonamides is 1. The van der Waals surface area contributed by atoms with Gasteiger partial charge in [0.15, 0.2) is 5.82 Å². The van der Waals surface area contributed by atoms with Gasteiger partial charge in [-0.3, -0.25) is 9.48 Å². The second-order valence-electron chi connectivity index (χ2n) is 4.64. The van der Waals surface area contributed by atoms with Crippen LogP contribution in [0.2, 0.25) is 0 Å². The highest BCUT2D eigenvalue weighted by Crippen LogP contribution is 2.22. The number of rotatable bonds is 3. The molecule has 2 N–H and O–H groups in total. The molecule has 1 aliphatic heterocycles. The molecule has 8 nitrogen and oxygen atoms in total. The molecule has 0 spiro atoms. The van der Waals surface area contributed by atoms with E-state index < -0.39 is 10.0 Å². The number of amides is 1. The largest absolute Gasteiger partial charge is 0.381 e. The van der Waals surface area contributed by atoms with Crippen LogP contribution in [0.4, 0.5) is 5.82 Å². The third-order valence-corrected chi connectivity index (χ3v) is 5.30. The van der Waals surface area contributed by atoms with E-state index in [2.05, 4.69) is 5.10 Å². The van der Waals surface area contributed by atoms with Gasteiger partial charge in [-0.15, -0.1) is 0 Å². The molecule has 0 aliphatic carbocycles. The van der Waals surface area contributed by atoms with Crippen molar-refractivity contribution in [2.75, 3.05) is 31.9 Å². The van der Waals surface area contributed by atoms with Crippen molar-refractivity contribution in [2.24, 2.45) is 0 Å². The Morgan fingerprint density at radius 2 is 1.95 bits per heavy atom. The van der Waals surface area contributed by atoms with Crippen LogP contribution in [0, 0.1) is 0 Å². The van der Waals surface area contributed by atoms with E-state index in [-0.39, 0.29) is 29.7 Å². The van der Waals surface area contributed by atoms with Gasteiger partial charge in [-0.05, 0) is 6.92 Å². The summed E-state index contributed by atoms with van der Waals surface area (Å²) in [4.78, 5) is 12.9. The highest BCUT2D eigenvalue weighted by atomic mass is 32.2. The first-order valence-corrected chi connectivity index (χ1v) is 7.89. The molecule has 1 amide bonds. The molecular formula is C11H19N5O3S. The van der Waals surface area contributed by atoms with E-state index in [9.17, 15) is 13.2 Å². The van der Waals surface area contributed by atoms with Gasteiger partial charge in [-0.2, -0.15) is 9.40 Å². The number of hydrogen-bond acceptors (Lipinski definition) is 5. The predicted molar refractivity (Wildman–Crippen MR) is 73.3 cm³/mol. The maximum atomic E-state index is 12.5. The molecule has 0 atom stereocenters. The van der Waals surface area contributed by atoms with Crippen LogP contribution in [-0.2, 0) is 21.4 Å². The van der Waals surface area contributed by atoms with E-state index in [0.29, 0.717) is 19.6 Å². The van der Waals surface area contributed by atoms with Gasteiger partial charge in [0, 0.05) is 45.8 Å². The SMILES string of the molecule is CCn1cc(S(=O)(=O)N2CCN(C(C)=O)CC2)c(N)n1. The second kappa shape index (κ2) is 5.41. The molecule has 2 heterocycles. The number of anilines is 1. The third-order valence-electron chi connectivity index (χ3n) is 3.38. The van der Waals surface area contributed by atoms with E-state index >= 15 is 0 Å². The lowest BCUT2D eigenvalue weighted by Crippen LogP contribution is -2.49. The van der Waals surface area contributed by atoms with Gasteiger partial charge in [0.25, 0.3) is 0 Å². The fourth-order valence-corrected chi connectivity index (χ4v) is 3.64. The Balaban J connectivity index is 2.19. The van der Waals surface area contributed by atoms with E-state index in [0.717, 1.165) is 0 Å². The first-order valence-electron chi connectivity index (χ1n) is 6.45. The van der Waals surface area contributed by atoms with Crippen LogP contribution in [0.25, 0.3) is 0 Å². The topological polar surface area (TPSA) is 102 Å². The lowest BCUT2D eigenvalue weighted by molar-refractivity contribution is -0.129. The van der Waals surface area contributed by atoms with Crippen molar-refractivity contribution in [3.63, 3.8) is 0 Å². The summed E-state index contributed by atoms with van der Waals surface area (Å²) < 4.78 is 27.8. The van der Waals surface area contributed by atoms with Crippen molar-refractivity contribution < 1.29 is 13.2 Å². The summed E-state index contributed by atoms with van der Waals surface area (Å²) in [6.07, 6.45) is 1.45. The number of hydrogen-bond donors (Lipinski definition) is 1. The van der Waals surface area contributed by atoms with Crippen molar-refractivity contribution >= 4 is 21.7 Å². The molecule has 2 rings (SSSR count). The first-order chi connectivity index (χ1) is 9.36. The van der Waals surface area contributed by atoms with Crippen molar-refractivity contribution in [1.82, 2.24) is 19.0 Å². The monoisotopic (exact) mass is 301 g/mol.